The second-order valence-corrected chi connectivity index (χ2v) is 5.46. The molecular formula is C11H18BrN. The van der Waals surface area contributed by atoms with E-state index in [1.165, 1.54) is 37.9 Å². The molecule has 2 atom stereocenters. The van der Waals surface area contributed by atoms with E-state index < -0.39 is 0 Å². The zero-order valence-electron chi connectivity index (χ0n) is 8.35. The van der Waals surface area contributed by atoms with Crippen molar-refractivity contribution in [1.82, 2.24) is 4.90 Å². The summed E-state index contributed by atoms with van der Waals surface area (Å²) < 4.78 is 0. The van der Waals surface area contributed by atoms with Gasteiger partial charge >= 0.3 is 0 Å². The van der Waals surface area contributed by atoms with Crippen molar-refractivity contribution in [3.63, 3.8) is 0 Å². The molecule has 0 aromatic rings. The van der Waals surface area contributed by atoms with Crippen molar-refractivity contribution in [2.45, 2.75) is 32.2 Å². The molecule has 1 saturated carbocycles. The summed E-state index contributed by atoms with van der Waals surface area (Å²) in [4.78, 5) is 2.56. The molecule has 1 saturated heterocycles. The van der Waals surface area contributed by atoms with Crippen molar-refractivity contribution in [1.29, 1.82) is 0 Å². The molecule has 0 N–H and O–H groups in total. The summed E-state index contributed by atoms with van der Waals surface area (Å²) in [5.74, 6) is 0. The lowest BCUT2D eigenvalue weighted by Gasteiger charge is -2.39. The largest absolute Gasteiger partial charge is 0.293 e. The van der Waals surface area contributed by atoms with E-state index in [1.807, 2.05) is 0 Å². The van der Waals surface area contributed by atoms with E-state index in [9.17, 15) is 0 Å². The molecule has 1 aliphatic carbocycles. The molecular weight excluding hydrogens is 226 g/mol. The predicted octanol–water partition coefficient (Wildman–Crippen LogP) is 2.81. The maximum atomic E-state index is 4.07. The molecule has 74 valence electrons. The van der Waals surface area contributed by atoms with Crippen molar-refractivity contribution in [3.8, 4) is 0 Å². The average Bonchev–Trinajstić information content (AvgIpc) is 2.80. The number of nitrogens with zero attached hydrogens (tertiary/aromatic N) is 1. The number of hydrogen-bond acceptors (Lipinski definition) is 1. The molecule has 0 radical (unpaired) electrons. The summed E-state index contributed by atoms with van der Waals surface area (Å²) in [5.41, 5.74) is 1.99. The van der Waals surface area contributed by atoms with E-state index >= 15 is 0 Å². The maximum Gasteiger partial charge on any atom is 0.0441 e. The minimum atomic E-state index is 0.640. The molecule has 2 fully saturated rings. The highest BCUT2D eigenvalue weighted by Crippen LogP contribution is 2.43. The van der Waals surface area contributed by atoms with E-state index in [4.69, 9.17) is 0 Å². The first-order valence-electron chi connectivity index (χ1n) is 5.12. The second-order valence-electron chi connectivity index (χ2n) is 4.90. The smallest absolute Gasteiger partial charge is 0.0441 e. The first-order chi connectivity index (χ1) is 6.14. The lowest BCUT2D eigenvalue weighted by atomic mass is 9.70. The maximum absolute atomic E-state index is 4.07. The molecule has 2 aliphatic rings. The van der Waals surface area contributed by atoms with Gasteiger partial charge in [0.2, 0.25) is 0 Å². The van der Waals surface area contributed by atoms with Gasteiger partial charge in [0.15, 0.2) is 0 Å². The summed E-state index contributed by atoms with van der Waals surface area (Å²) in [6.07, 6.45) is 4.29. The molecule has 0 aromatic heterocycles. The van der Waals surface area contributed by atoms with Gasteiger partial charge in [-0.15, -0.1) is 0 Å². The van der Waals surface area contributed by atoms with Crippen LogP contribution in [0.5, 0.6) is 0 Å². The molecule has 0 spiro atoms. The van der Waals surface area contributed by atoms with Crippen LogP contribution in [-0.2, 0) is 0 Å². The molecule has 1 heterocycles. The average molecular weight is 244 g/mol. The Labute approximate surface area is 89.3 Å². The predicted molar refractivity (Wildman–Crippen MR) is 60.3 cm³/mol. The minimum Gasteiger partial charge on any atom is -0.293 e. The third-order valence-electron chi connectivity index (χ3n) is 3.50. The Kier molecular flexibility index (Phi) is 2.54. The molecule has 2 rings (SSSR count). The molecule has 1 aliphatic heterocycles. The molecule has 1 nitrogen and oxygen atoms in total. The number of hydrogen-bond donors (Lipinski definition) is 0. The molecule has 13 heavy (non-hydrogen) atoms. The normalized spacial score (nSPS) is 35.2. The van der Waals surface area contributed by atoms with Crippen molar-refractivity contribution in [2.24, 2.45) is 5.41 Å². The van der Waals surface area contributed by atoms with E-state index in [0.717, 1.165) is 5.33 Å². The van der Waals surface area contributed by atoms with Crippen molar-refractivity contribution < 1.29 is 0 Å². The highest BCUT2D eigenvalue weighted by molar-refractivity contribution is 9.09. The lowest BCUT2D eigenvalue weighted by molar-refractivity contribution is 0.131. The number of halogens is 1. The third kappa shape index (κ3) is 1.99. The van der Waals surface area contributed by atoms with E-state index in [2.05, 4.69) is 34.3 Å². The Morgan fingerprint density at radius 3 is 2.77 bits per heavy atom. The zero-order chi connectivity index (χ0) is 9.47. The van der Waals surface area contributed by atoms with E-state index in [-0.39, 0.29) is 0 Å². The van der Waals surface area contributed by atoms with Gasteiger partial charge in [-0.05, 0) is 23.8 Å². The minimum absolute atomic E-state index is 0.640. The van der Waals surface area contributed by atoms with Crippen LogP contribution in [0.15, 0.2) is 12.2 Å². The van der Waals surface area contributed by atoms with Crippen LogP contribution in [0.1, 0.15) is 26.2 Å². The van der Waals surface area contributed by atoms with Gasteiger partial charge < -0.3 is 0 Å². The van der Waals surface area contributed by atoms with Crippen LogP contribution in [-0.4, -0.2) is 29.4 Å². The first-order valence-corrected chi connectivity index (χ1v) is 6.24. The molecule has 2 heteroatoms. The Balaban J connectivity index is 1.77. The van der Waals surface area contributed by atoms with Crippen molar-refractivity contribution in [2.75, 3.05) is 18.4 Å². The Hall–Kier alpha value is 0.180. The van der Waals surface area contributed by atoms with Gasteiger partial charge in [-0.3, -0.25) is 4.90 Å². The van der Waals surface area contributed by atoms with Gasteiger partial charge in [0.1, 0.15) is 0 Å². The van der Waals surface area contributed by atoms with Crippen LogP contribution in [0, 0.1) is 5.41 Å². The van der Waals surface area contributed by atoms with Crippen LogP contribution in [0.4, 0.5) is 0 Å². The Morgan fingerprint density at radius 1 is 1.62 bits per heavy atom. The topological polar surface area (TPSA) is 3.01 Å². The first kappa shape index (κ1) is 9.72. The van der Waals surface area contributed by atoms with Crippen LogP contribution in [0.3, 0.4) is 0 Å². The van der Waals surface area contributed by atoms with Gasteiger partial charge in [-0.1, -0.05) is 35.9 Å². The summed E-state index contributed by atoms with van der Waals surface area (Å²) in [5, 5.41) is 0.963. The van der Waals surface area contributed by atoms with Gasteiger partial charge in [-0.25, -0.2) is 0 Å². The second kappa shape index (κ2) is 3.39. The standard InChI is InChI=1S/C11H18BrN/c1-9(6-12)10-7-13(10)8-11(2)4-3-5-11/h10H,1,3-8H2,2H3. The van der Waals surface area contributed by atoms with E-state index in [1.54, 1.807) is 0 Å². The summed E-state index contributed by atoms with van der Waals surface area (Å²) in [6.45, 7) is 9.04. The van der Waals surface area contributed by atoms with Gasteiger partial charge in [0.25, 0.3) is 0 Å². The molecule has 2 unspecified atom stereocenters. The van der Waals surface area contributed by atoms with Gasteiger partial charge in [0, 0.05) is 24.5 Å². The fraction of sp³-hybridized carbons (Fsp3) is 0.818. The Bertz CT molecular complexity index is 220. The fourth-order valence-electron chi connectivity index (χ4n) is 2.25. The highest BCUT2D eigenvalue weighted by atomic mass is 79.9. The fourth-order valence-corrected chi connectivity index (χ4v) is 2.63. The quantitative estimate of drug-likeness (QED) is 0.417. The van der Waals surface area contributed by atoms with Crippen molar-refractivity contribution >= 4 is 15.9 Å². The molecule has 0 aromatic carbocycles. The monoisotopic (exact) mass is 243 g/mol. The SMILES string of the molecule is C=C(CBr)C1CN1CC1(C)CCC1. The van der Waals surface area contributed by atoms with Crippen molar-refractivity contribution in [3.05, 3.63) is 12.2 Å². The zero-order valence-corrected chi connectivity index (χ0v) is 9.94. The molecule has 0 bridgehead atoms. The molecule has 0 amide bonds. The summed E-state index contributed by atoms with van der Waals surface area (Å²) in [7, 11) is 0. The van der Waals surface area contributed by atoms with Crippen LogP contribution >= 0.6 is 15.9 Å². The lowest BCUT2D eigenvalue weighted by Crippen LogP contribution is -2.33. The van der Waals surface area contributed by atoms with E-state index in [0.29, 0.717) is 11.5 Å². The van der Waals surface area contributed by atoms with Crippen LogP contribution < -0.4 is 0 Å². The van der Waals surface area contributed by atoms with Gasteiger partial charge in [-0.2, -0.15) is 0 Å². The number of rotatable bonds is 4. The third-order valence-corrected chi connectivity index (χ3v) is 4.22. The number of alkyl halides is 1. The van der Waals surface area contributed by atoms with Crippen LogP contribution in [0.2, 0.25) is 0 Å². The summed E-state index contributed by atoms with van der Waals surface area (Å²) >= 11 is 3.47. The van der Waals surface area contributed by atoms with Crippen LogP contribution in [0.25, 0.3) is 0 Å². The summed E-state index contributed by atoms with van der Waals surface area (Å²) in [6, 6.07) is 0.691. The highest BCUT2D eigenvalue weighted by Gasteiger charge is 2.42. The van der Waals surface area contributed by atoms with Gasteiger partial charge in [0.05, 0.1) is 0 Å². The Morgan fingerprint density at radius 2 is 2.31 bits per heavy atom.